The molecule has 0 aliphatic heterocycles. The minimum Gasteiger partial charge on any atom is -0.508 e. The Kier molecular flexibility index (Phi) is 2.46. The lowest BCUT2D eigenvalue weighted by Crippen LogP contribution is -2.11. The highest BCUT2D eigenvalue weighted by Gasteiger charge is 2.09. The first-order valence-corrected chi connectivity index (χ1v) is 5.35. The van der Waals surface area contributed by atoms with E-state index in [2.05, 4.69) is 4.98 Å². The minimum absolute atomic E-state index is 0.000880. The van der Waals surface area contributed by atoms with Gasteiger partial charge in [-0.1, -0.05) is 13.8 Å². The SMILES string of the molecule is Cc1cc2[nH]cc(C(C)C)c(=O)c2cc1O. The second kappa shape index (κ2) is 3.67. The van der Waals surface area contributed by atoms with Crippen LogP contribution in [0.3, 0.4) is 0 Å². The van der Waals surface area contributed by atoms with Crippen LogP contribution >= 0.6 is 0 Å². The van der Waals surface area contributed by atoms with Crippen molar-refractivity contribution in [2.45, 2.75) is 26.7 Å². The highest BCUT2D eigenvalue weighted by Crippen LogP contribution is 2.22. The van der Waals surface area contributed by atoms with Gasteiger partial charge in [0.05, 0.1) is 0 Å². The van der Waals surface area contributed by atoms with Gasteiger partial charge >= 0.3 is 0 Å². The fourth-order valence-electron chi connectivity index (χ4n) is 1.81. The van der Waals surface area contributed by atoms with Crippen LogP contribution in [0.4, 0.5) is 0 Å². The molecule has 2 aromatic rings. The molecule has 0 saturated carbocycles. The number of aryl methyl sites for hydroxylation is 1. The summed E-state index contributed by atoms with van der Waals surface area (Å²) in [5.41, 5.74) is 2.28. The van der Waals surface area contributed by atoms with Crippen molar-refractivity contribution in [3.8, 4) is 5.75 Å². The van der Waals surface area contributed by atoms with E-state index >= 15 is 0 Å². The van der Waals surface area contributed by atoms with Gasteiger partial charge in [0.25, 0.3) is 0 Å². The summed E-state index contributed by atoms with van der Waals surface area (Å²) >= 11 is 0. The summed E-state index contributed by atoms with van der Waals surface area (Å²) in [7, 11) is 0. The fourth-order valence-corrected chi connectivity index (χ4v) is 1.81. The number of pyridine rings is 1. The van der Waals surface area contributed by atoms with Crippen LogP contribution in [0.2, 0.25) is 0 Å². The third-order valence-electron chi connectivity index (χ3n) is 2.85. The van der Waals surface area contributed by atoms with E-state index in [4.69, 9.17) is 0 Å². The number of aromatic hydroxyl groups is 1. The van der Waals surface area contributed by atoms with Crippen molar-refractivity contribution in [1.82, 2.24) is 4.98 Å². The van der Waals surface area contributed by atoms with Gasteiger partial charge in [0.15, 0.2) is 5.43 Å². The molecule has 3 nitrogen and oxygen atoms in total. The summed E-state index contributed by atoms with van der Waals surface area (Å²) in [5.74, 6) is 0.343. The Hall–Kier alpha value is -1.77. The van der Waals surface area contributed by atoms with Gasteiger partial charge in [-0.3, -0.25) is 4.79 Å². The van der Waals surface area contributed by atoms with Gasteiger partial charge in [0.1, 0.15) is 5.75 Å². The van der Waals surface area contributed by atoms with Gasteiger partial charge in [-0.2, -0.15) is 0 Å². The molecule has 0 amide bonds. The molecule has 2 N–H and O–H groups in total. The van der Waals surface area contributed by atoms with Crippen molar-refractivity contribution in [3.63, 3.8) is 0 Å². The maximum absolute atomic E-state index is 12.1. The highest BCUT2D eigenvalue weighted by atomic mass is 16.3. The number of aromatic amines is 1. The molecule has 0 fully saturated rings. The van der Waals surface area contributed by atoms with Crippen molar-refractivity contribution < 1.29 is 5.11 Å². The topological polar surface area (TPSA) is 53.1 Å². The van der Waals surface area contributed by atoms with Gasteiger partial charge < -0.3 is 10.1 Å². The average molecular weight is 217 g/mol. The summed E-state index contributed by atoms with van der Waals surface area (Å²) in [5, 5.41) is 10.2. The molecule has 3 heteroatoms. The quantitative estimate of drug-likeness (QED) is 0.771. The maximum Gasteiger partial charge on any atom is 0.192 e. The van der Waals surface area contributed by atoms with Gasteiger partial charge in [0.2, 0.25) is 0 Å². The highest BCUT2D eigenvalue weighted by molar-refractivity contribution is 5.81. The smallest absolute Gasteiger partial charge is 0.192 e. The van der Waals surface area contributed by atoms with Crippen LogP contribution < -0.4 is 5.43 Å². The molecule has 84 valence electrons. The number of aromatic nitrogens is 1. The summed E-state index contributed by atoms with van der Waals surface area (Å²) < 4.78 is 0. The van der Waals surface area contributed by atoms with Crippen LogP contribution in [0.15, 0.2) is 23.1 Å². The lowest BCUT2D eigenvalue weighted by Gasteiger charge is -2.07. The minimum atomic E-state index is -0.000880. The Bertz CT molecular complexity index is 597. The fraction of sp³-hybridized carbons (Fsp3) is 0.308. The number of fused-ring (bicyclic) bond motifs is 1. The predicted octanol–water partition coefficient (Wildman–Crippen LogP) is 2.67. The van der Waals surface area contributed by atoms with Crippen molar-refractivity contribution in [2.75, 3.05) is 0 Å². The summed E-state index contributed by atoms with van der Waals surface area (Å²) in [6.07, 6.45) is 1.76. The van der Waals surface area contributed by atoms with E-state index in [0.717, 1.165) is 16.6 Å². The van der Waals surface area contributed by atoms with Gasteiger partial charge in [-0.05, 0) is 30.5 Å². The van der Waals surface area contributed by atoms with E-state index in [9.17, 15) is 9.90 Å². The standard InChI is InChI=1S/C13H15NO2/c1-7(2)10-6-14-11-4-8(3)12(15)5-9(11)13(10)16/h4-7,15H,1-3H3,(H,14,16). The molecule has 2 rings (SSSR count). The Balaban J connectivity index is 2.85. The Morgan fingerprint density at radius 2 is 2.00 bits per heavy atom. The molecule has 0 aliphatic rings. The number of phenols is 1. The number of hydrogen-bond donors (Lipinski definition) is 2. The molecule has 0 bridgehead atoms. The molecule has 0 spiro atoms. The van der Waals surface area contributed by atoms with Gasteiger partial charge in [-0.25, -0.2) is 0 Å². The first kappa shape index (κ1) is 10.7. The number of phenolic OH excluding ortho intramolecular Hbond substituents is 1. The molecular formula is C13H15NO2. The van der Waals surface area contributed by atoms with Crippen LogP contribution in [0.25, 0.3) is 10.9 Å². The molecular weight excluding hydrogens is 202 g/mol. The van der Waals surface area contributed by atoms with Crippen LogP contribution in [-0.4, -0.2) is 10.1 Å². The zero-order valence-corrected chi connectivity index (χ0v) is 9.66. The van der Waals surface area contributed by atoms with Crippen LogP contribution in [0, 0.1) is 6.92 Å². The van der Waals surface area contributed by atoms with Gasteiger partial charge in [0, 0.05) is 22.7 Å². The zero-order valence-electron chi connectivity index (χ0n) is 9.66. The number of hydrogen-bond acceptors (Lipinski definition) is 2. The normalized spacial score (nSPS) is 11.2. The van der Waals surface area contributed by atoms with E-state index in [1.807, 2.05) is 20.8 Å². The van der Waals surface area contributed by atoms with Crippen molar-refractivity contribution in [1.29, 1.82) is 0 Å². The van der Waals surface area contributed by atoms with Crippen LogP contribution in [0.1, 0.15) is 30.9 Å². The monoisotopic (exact) mass is 217 g/mol. The first-order valence-electron chi connectivity index (χ1n) is 5.35. The molecule has 0 aliphatic carbocycles. The Labute approximate surface area is 93.7 Å². The van der Waals surface area contributed by atoms with E-state index in [1.165, 1.54) is 6.07 Å². The van der Waals surface area contributed by atoms with E-state index < -0.39 is 0 Å². The van der Waals surface area contributed by atoms with Crippen molar-refractivity contribution in [3.05, 3.63) is 39.7 Å². The molecule has 1 aromatic carbocycles. The molecule has 1 aromatic heterocycles. The van der Waals surface area contributed by atoms with Crippen LogP contribution in [0.5, 0.6) is 5.75 Å². The second-order valence-electron chi connectivity index (χ2n) is 4.41. The third kappa shape index (κ3) is 1.58. The van der Waals surface area contributed by atoms with Crippen molar-refractivity contribution in [2.24, 2.45) is 0 Å². The lowest BCUT2D eigenvalue weighted by atomic mass is 10.0. The predicted molar refractivity (Wildman–Crippen MR) is 65.1 cm³/mol. The summed E-state index contributed by atoms with van der Waals surface area (Å²) in [6, 6.07) is 3.32. The van der Waals surface area contributed by atoms with E-state index in [1.54, 1.807) is 12.3 Å². The number of nitrogens with one attached hydrogen (secondary N) is 1. The van der Waals surface area contributed by atoms with E-state index in [0.29, 0.717) is 5.39 Å². The zero-order chi connectivity index (χ0) is 11.9. The summed E-state index contributed by atoms with van der Waals surface area (Å²) in [6.45, 7) is 5.76. The van der Waals surface area contributed by atoms with E-state index in [-0.39, 0.29) is 17.1 Å². The molecule has 0 atom stereocenters. The molecule has 0 unspecified atom stereocenters. The lowest BCUT2D eigenvalue weighted by molar-refractivity contribution is 0.472. The third-order valence-corrected chi connectivity index (χ3v) is 2.85. The van der Waals surface area contributed by atoms with Crippen molar-refractivity contribution >= 4 is 10.9 Å². The Morgan fingerprint density at radius 1 is 1.31 bits per heavy atom. The number of benzene rings is 1. The molecule has 0 radical (unpaired) electrons. The van der Waals surface area contributed by atoms with Gasteiger partial charge in [-0.15, -0.1) is 0 Å². The van der Waals surface area contributed by atoms with Crippen LogP contribution in [-0.2, 0) is 0 Å². The Morgan fingerprint density at radius 3 is 2.62 bits per heavy atom. The molecule has 1 heterocycles. The summed E-state index contributed by atoms with van der Waals surface area (Å²) in [4.78, 5) is 15.2. The maximum atomic E-state index is 12.1. The number of rotatable bonds is 1. The average Bonchev–Trinajstić information content (AvgIpc) is 2.21. The first-order chi connectivity index (χ1) is 7.50. The largest absolute Gasteiger partial charge is 0.508 e. The molecule has 16 heavy (non-hydrogen) atoms. The second-order valence-corrected chi connectivity index (χ2v) is 4.41. The number of H-pyrrole nitrogens is 1. The molecule has 0 saturated heterocycles.